The van der Waals surface area contributed by atoms with E-state index in [0.29, 0.717) is 5.92 Å². The normalized spacial score (nSPS) is 16.8. The standard InChI is InChI=1S/C9H11NO/c1-3-8-6(2)11-9(10-8)7-4-5-7/h3,7H,1,4-5H2,2H3. The molecule has 1 aliphatic carbocycles. The highest BCUT2D eigenvalue weighted by Crippen LogP contribution is 2.40. The van der Waals surface area contributed by atoms with Crippen LogP contribution in [-0.4, -0.2) is 4.98 Å². The van der Waals surface area contributed by atoms with E-state index in [1.807, 2.05) is 6.92 Å². The monoisotopic (exact) mass is 149 g/mol. The summed E-state index contributed by atoms with van der Waals surface area (Å²) < 4.78 is 5.45. The van der Waals surface area contributed by atoms with Crippen LogP contribution in [0.5, 0.6) is 0 Å². The maximum Gasteiger partial charge on any atom is 0.198 e. The van der Waals surface area contributed by atoms with Crippen molar-refractivity contribution in [2.24, 2.45) is 0 Å². The van der Waals surface area contributed by atoms with Crippen LogP contribution in [0.4, 0.5) is 0 Å². The Kier molecular flexibility index (Phi) is 1.34. The van der Waals surface area contributed by atoms with Crippen molar-refractivity contribution in [2.45, 2.75) is 25.7 Å². The molecule has 2 rings (SSSR count). The molecule has 0 radical (unpaired) electrons. The van der Waals surface area contributed by atoms with E-state index < -0.39 is 0 Å². The Morgan fingerprint density at radius 1 is 1.64 bits per heavy atom. The first-order chi connectivity index (χ1) is 5.31. The van der Waals surface area contributed by atoms with E-state index in [2.05, 4.69) is 11.6 Å². The average molecular weight is 149 g/mol. The molecule has 0 unspecified atom stereocenters. The average Bonchev–Trinajstić information content (AvgIpc) is 2.76. The highest BCUT2D eigenvalue weighted by Gasteiger charge is 2.29. The Hall–Kier alpha value is -1.05. The van der Waals surface area contributed by atoms with Gasteiger partial charge in [0, 0.05) is 5.92 Å². The van der Waals surface area contributed by atoms with Crippen molar-refractivity contribution in [3.05, 3.63) is 23.9 Å². The van der Waals surface area contributed by atoms with E-state index in [1.54, 1.807) is 6.08 Å². The molecule has 2 heteroatoms. The van der Waals surface area contributed by atoms with Crippen molar-refractivity contribution in [1.29, 1.82) is 0 Å². The molecule has 1 saturated carbocycles. The lowest BCUT2D eigenvalue weighted by atomic mass is 10.4. The van der Waals surface area contributed by atoms with Crippen LogP contribution in [0.15, 0.2) is 11.0 Å². The molecule has 1 fully saturated rings. The van der Waals surface area contributed by atoms with Crippen LogP contribution in [0.25, 0.3) is 6.08 Å². The lowest BCUT2D eigenvalue weighted by Gasteiger charge is -1.83. The first-order valence-corrected chi connectivity index (χ1v) is 3.91. The summed E-state index contributed by atoms with van der Waals surface area (Å²) in [5.74, 6) is 2.39. The molecule has 1 aromatic heterocycles. The Labute approximate surface area is 65.9 Å². The van der Waals surface area contributed by atoms with Gasteiger partial charge in [-0.2, -0.15) is 0 Å². The van der Waals surface area contributed by atoms with Gasteiger partial charge in [-0.25, -0.2) is 4.98 Å². The predicted octanol–water partition coefficient (Wildman–Crippen LogP) is 2.50. The minimum absolute atomic E-state index is 0.599. The van der Waals surface area contributed by atoms with E-state index in [0.717, 1.165) is 17.3 Å². The number of aryl methyl sites for hydroxylation is 1. The zero-order valence-electron chi connectivity index (χ0n) is 6.63. The fraction of sp³-hybridized carbons (Fsp3) is 0.444. The summed E-state index contributed by atoms with van der Waals surface area (Å²) in [6.45, 7) is 5.59. The molecular weight excluding hydrogens is 138 g/mol. The highest BCUT2D eigenvalue weighted by molar-refractivity contribution is 5.43. The minimum Gasteiger partial charge on any atom is -0.445 e. The lowest BCUT2D eigenvalue weighted by molar-refractivity contribution is 0.473. The molecule has 2 nitrogen and oxygen atoms in total. The summed E-state index contributed by atoms with van der Waals surface area (Å²) in [7, 11) is 0. The van der Waals surface area contributed by atoms with Gasteiger partial charge in [-0.1, -0.05) is 6.58 Å². The zero-order valence-corrected chi connectivity index (χ0v) is 6.63. The van der Waals surface area contributed by atoms with Gasteiger partial charge in [0.1, 0.15) is 11.5 Å². The molecule has 1 aromatic rings. The molecule has 0 atom stereocenters. The van der Waals surface area contributed by atoms with E-state index >= 15 is 0 Å². The molecule has 0 saturated heterocycles. The quantitative estimate of drug-likeness (QED) is 0.645. The van der Waals surface area contributed by atoms with Crippen molar-refractivity contribution in [2.75, 3.05) is 0 Å². The minimum atomic E-state index is 0.599. The summed E-state index contributed by atoms with van der Waals surface area (Å²) in [6.07, 6.45) is 4.21. The second kappa shape index (κ2) is 2.22. The third-order valence-corrected chi connectivity index (χ3v) is 1.97. The second-order valence-corrected chi connectivity index (χ2v) is 2.97. The molecule has 0 aliphatic heterocycles. The summed E-state index contributed by atoms with van der Waals surface area (Å²) in [5, 5.41) is 0. The van der Waals surface area contributed by atoms with Crippen molar-refractivity contribution in [3.63, 3.8) is 0 Å². The van der Waals surface area contributed by atoms with E-state index in [4.69, 9.17) is 4.42 Å². The number of oxazole rings is 1. The molecule has 0 amide bonds. The maximum absolute atomic E-state index is 5.45. The highest BCUT2D eigenvalue weighted by atomic mass is 16.4. The molecule has 0 spiro atoms. The van der Waals surface area contributed by atoms with Gasteiger partial charge in [0.15, 0.2) is 5.89 Å². The number of nitrogens with zero attached hydrogens (tertiary/aromatic N) is 1. The van der Waals surface area contributed by atoms with Crippen LogP contribution in [0, 0.1) is 6.92 Å². The van der Waals surface area contributed by atoms with Crippen LogP contribution < -0.4 is 0 Å². The smallest absolute Gasteiger partial charge is 0.198 e. The summed E-state index contributed by atoms with van der Waals surface area (Å²) in [6, 6.07) is 0. The van der Waals surface area contributed by atoms with Crippen LogP contribution in [0.3, 0.4) is 0 Å². The van der Waals surface area contributed by atoms with Crippen LogP contribution in [-0.2, 0) is 0 Å². The SMILES string of the molecule is C=Cc1nc(C2CC2)oc1C. The molecule has 1 heterocycles. The van der Waals surface area contributed by atoms with Gasteiger partial charge in [0.25, 0.3) is 0 Å². The second-order valence-electron chi connectivity index (χ2n) is 2.97. The van der Waals surface area contributed by atoms with Gasteiger partial charge >= 0.3 is 0 Å². The third-order valence-electron chi connectivity index (χ3n) is 1.97. The van der Waals surface area contributed by atoms with Gasteiger partial charge in [-0.15, -0.1) is 0 Å². The zero-order chi connectivity index (χ0) is 7.84. The third kappa shape index (κ3) is 1.09. The number of hydrogen-bond donors (Lipinski definition) is 0. The molecule has 0 N–H and O–H groups in total. The summed E-state index contributed by atoms with van der Waals surface area (Å²) >= 11 is 0. The van der Waals surface area contributed by atoms with Gasteiger partial charge < -0.3 is 4.42 Å². The van der Waals surface area contributed by atoms with Gasteiger partial charge in [-0.3, -0.25) is 0 Å². The first-order valence-electron chi connectivity index (χ1n) is 3.91. The molecule has 1 aliphatic rings. The number of rotatable bonds is 2. The predicted molar refractivity (Wildman–Crippen MR) is 43.3 cm³/mol. The Morgan fingerprint density at radius 3 is 2.82 bits per heavy atom. The van der Waals surface area contributed by atoms with Crippen LogP contribution >= 0.6 is 0 Å². The largest absolute Gasteiger partial charge is 0.445 e. The van der Waals surface area contributed by atoms with E-state index in [-0.39, 0.29) is 0 Å². The number of aromatic nitrogens is 1. The van der Waals surface area contributed by atoms with Crippen molar-refractivity contribution < 1.29 is 4.42 Å². The molecule has 11 heavy (non-hydrogen) atoms. The van der Waals surface area contributed by atoms with Crippen molar-refractivity contribution in [1.82, 2.24) is 4.98 Å². The number of hydrogen-bond acceptors (Lipinski definition) is 2. The fourth-order valence-corrected chi connectivity index (χ4v) is 1.12. The van der Waals surface area contributed by atoms with Gasteiger partial charge in [0.2, 0.25) is 0 Å². The molecular formula is C9H11NO. The van der Waals surface area contributed by atoms with E-state index in [1.165, 1.54) is 12.8 Å². The van der Waals surface area contributed by atoms with Gasteiger partial charge in [-0.05, 0) is 25.8 Å². The van der Waals surface area contributed by atoms with Gasteiger partial charge in [0.05, 0.1) is 0 Å². The molecule has 0 aromatic carbocycles. The van der Waals surface area contributed by atoms with Crippen LogP contribution in [0.1, 0.15) is 36.1 Å². The summed E-state index contributed by atoms with van der Waals surface area (Å²) in [5.41, 5.74) is 0.895. The summed E-state index contributed by atoms with van der Waals surface area (Å²) in [4.78, 5) is 4.31. The first kappa shape index (κ1) is 6.65. The molecule has 58 valence electrons. The Bertz CT molecular complexity index is 284. The fourth-order valence-electron chi connectivity index (χ4n) is 1.12. The topological polar surface area (TPSA) is 26.0 Å². The molecule has 0 bridgehead atoms. The lowest BCUT2D eigenvalue weighted by Crippen LogP contribution is -1.77. The Morgan fingerprint density at radius 2 is 2.36 bits per heavy atom. The van der Waals surface area contributed by atoms with E-state index in [9.17, 15) is 0 Å². The van der Waals surface area contributed by atoms with Crippen LogP contribution in [0.2, 0.25) is 0 Å². The Balaban J connectivity index is 2.35. The van der Waals surface area contributed by atoms with Crippen molar-refractivity contribution in [3.8, 4) is 0 Å². The maximum atomic E-state index is 5.45. The van der Waals surface area contributed by atoms with Crippen molar-refractivity contribution >= 4 is 6.08 Å².